The van der Waals surface area contributed by atoms with Gasteiger partial charge < -0.3 is 14.7 Å². The predicted molar refractivity (Wildman–Crippen MR) is 78.1 cm³/mol. The zero-order valence-corrected chi connectivity index (χ0v) is 12.3. The van der Waals surface area contributed by atoms with E-state index in [9.17, 15) is 0 Å². The van der Waals surface area contributed by atoms with Gasteiger partial charge in [0.15, 0.2) is 0 Å². The van der Waals surface area contributed by atoms with Crippen LogP contribution in [0.1, 0.15) is 12.2 Å². The van der Waals surface area contributed by atoms with E-state index in [1.54, 1.807) is 0 Å². The van der Waals surface area contributed by atoms with Crippen LogP contribution in [0.2, 0.25) is 0 Å². The van der Waals surface area contributed by atoms with E-state index in [0.29, 0.717) is 0 Å². The van der Waals surface area contributed by atoms with Crippen LogP contribution in [0.3, 0.4) is 0 Å². The lowest BCUT2D eigenvalue weighted by Crippen LogP contribution is -2.45. The maximum absolute atomic E-state index is 4.73. The first-order chi connectivity index (χ1) is 9.69. The Hall–Kier alpha value is -1.43. The Bertz CT molecular complexity index is 500. The van der Waals surface area contributed by atoms with Crippen LogP contribution in [0.25, 0.3) is 0 Å². The van der Waals surface area contributed by atoms with Gasteiger partial charge in [-0.3, -0.25) is 0 Å². The number of piperidine rings is 1. The molecule has 0 aromatic carbocycles. The summed E-state index contributed by atoms with van der Waals surface area (Å²) in [7, 11) is 2.16. The lowest BCUT2D eigenvalue weighted by molar-refractivity contribution is 0.311. The molecule has 2 saturated heterocycles. The number of anilines is 2. The van der Waals surface area contributed by atoms with E-state index >= 15 is 0 Å². The van der Waals surface area contributed by atoms with Gasteiger partial charge in [-0.1, -0.05) is 0 Å². The van der Waals surface area contributed by atoms with Crippen molar-refractivity contribution in [1.82, 2.24) is 19.9 Å². The van der Waals surface area contributed by atoms with Gasteiger partial charge in [0.2, 0.25) is 11.9 Å². The first-order valence-electron chi connectivity index (χ1n) is 7.60. The van der Waals surface area contributed by atoms with Crippen LogP contribution in [-0.4, -0.2) is 66.2 Å². The number of hydrogen-bond acceptors (Lipinski definition) is 6. The first-order valence-corrected chi connectivity index (χ1v) is 7.60. The van der Waals surface area contributed by atoms with Crippen LogP contribution >= 0.6 is 0 Å². The maximum atomic E-state index is 4.73. The highest BCUT2D eigenvalue weighted by molar-refractivity contribution is 5.41. The first kappa shape index (κ1) is 12.3. The van der Waals surface area contributed by atoms with Crippen LogP contribution in [0.4, 0.5) is 11.9 Å². The summed E-state index contributed by atoms with van der Waals surface area (Å²) in [5.74, 6) is 4.39. The Labute approximate surface area is 119 Å². The van der Waals surface area contributed by atoms with Gasteiger partial charge in [0.25, 0.3) is 0 Å². The third kappa shape index (κ3) is 2.22. The quantitative estimate of drug-likeness (QED) is 0.777. The summed E-state index contributed by atoms with van der Waals surface area (Å²) in [4.78, 5) is 20.8. The topological polar surface area (TPSA) is 48.4 Å². The molecule has 20 heavy (non-hydrogen) atoms. The molecule has 3 fully saturated rings. The number of aryl methyl sites for hydroxylation is 1. The third-order valence-corrected chi connectivity index (χ3v) is 4.77. The highest BCUT2D eigenvalue weighted by atomic mass is 15.4. The molecular weight excluding hydrogens is 252 g/mol. The van der Waals surface area contributed by atoms with E-state index in [0.717, 1.165) is 68.8 Å². The lowest BCUT2D eigenvalue weighted by Gasteiger charge is -2.32. The molecule has 0 amide bonds. The number of likely N-dealkylation sites (N-methyl/N-ethyl adjacent to an activating group) is 1. The van der Waals surface area contributed by atoms with E-state index in [2.05, 4.69) is 31.7 Å². The number of piperazine rings is 1. The second kappa shape index (κ2) is 4.55. The van der Waals surface area contributed by atoms with Gasteiger partial charge in [0.1, 0.15) is 5.82 Å². The molecule has 1 saturated carbocycles. The molecule has 1 aromatic heterocycles. The number of fused-ring (bicyclic) bond motifs is 1. The molecule has 2 aliphatic heterocycles. The number of nitrogens with zero attached hydrogens (tertiary/aromatic N) is 6. The minimum atomic E-state index is 0.838. The van der Waals surface area contributed by atoms with E-state index in [4.69, 9.17) is 4.98 Å². The van der Waals surface area contributed by atoms with E-state index < -0.39 is 0 Å². The SMILES string of the molecule is Cc1nc(N2CCN(C)CC2)nc(N2CC3CC3C2)n1. The average Bonchev–Trinajstić information content (AvgIpc) is 3.05. The molecule has 4 rings (SSSR count). The molecule has 6 nitrogen and oxygen atoms in total. The van der Waals surface area contributed by atoms with Crippen molar-refractivity contribution in [3.63, 3.8) is 0 Å². The molecule has 0 bridgehead atoms. The molecule has 2 unspecified atom stereocenters. The second-order valence-electron chi connectivity index (χ2n) is 6.43. The van der Waals surface area contributed by atoms with Gasteiger partial charge >= 0.3 is 0 Å². The minimum Gasteiger partial charge on any atom is -0.340 e. The standard InChI is InChI=1S/C14H22N6/c1-10-15-13(19-5-3-18(2)4-6-19)17-14(16-10)20-8-11-7-12(11)9-20/h11-12H,3-9H2,1-2H3. The molecule has 0 radical (unpaired) electrons. The fraction of sp³-hybridized carbons (Fsp3) is 0.786. The van der Waals surface area contributed by atoms with Gasteiger partial charge in [-0.05, 0) is 32.2 Å². The predicted octanol–water partition coefficient (Wildman–Crippen LogP) is 0.388. The van der Waals surface area contributed by atoms with Crippen molar-refractivity contribution in [2.75, 3.05) is 56.1 Å². The second-order valence-corrected chi connectivity index (χ2v) is 6.43. The monoisotopic (exact) mass is 274 g/mol. The van der Waals surface area contributed by atoms with Gasteiger partial charge in [-0.25, -0.2) is 0 Å². The number of hydrogen-bond donors (Lipinski definition) is 0. The van der Waals surface area contributed by atoms with Gasteiger partial charge in [-0.15, -0.1) is 0 Å². The van der Waals surface area contributed by atoms with Crippen LogP contribution < -0.4 is 9.80 Å². The number of aromatic nitrogens is 3. The van der Waals surface area contributed by atoms with Crippen molar-refractivity contribution in [1.29, 1.82) is 0 Å². The van der Waals surface area contributed by atoms with Crippen molar-refractivity contribution < 1.29 is 0 Å². The maximum Gasteiger partial charge on any atom is 0.230 e. The summed E-state index contributed by atoms with van der Waals surface area (Å²) in [5.41, 5.74) is 0. The Morgan fingerprint density at radius 2 is 1.45 bits per heavy atom. The molecule has 0 N–H and O–H groups in total. The van der Waals surface area contributed by atoms with E-state index in [1.807, 2.05) is 6.92 Å². The average molecular weight is 274 g/mol. The summed E-state index contributed by atoms with van der Waals surface area (Å²) in [6.45, 7) is 8.41. The minimum absolute atomic E-state index is 0.838. The molecule has 0 spiro atoms. The van der Waals surface area contributed by atoms with Crippen molar-refractivity contribution in [3.8, 4) is 0 Å². The summed E-state index contributed by atoms with van der Waals surface area (Å²) in [5, 5.41) is 0. The summed E-state index contributed by atoms with van der Waals surface area (Å²) >= 11 is 0. The van der Waals surface area contributed by atoms with E-state index in [-0.39, 0.29) is 0 Å². The number of rotatable bonds is 2. The van der Waals surface area contributed by atoms with Gasteiger partial charge in [0, 0.05) is 39.3 Å². The fourth-order valence-corrected chi connectivity index (χ4v) is 3.30. The molecule has 1 aromatic rings. The molecule has 1 aliphatic carbocycles. The smallest absolute Gasteiger partial charge is 0.230 e. The van der Waals surface area contributed by atoms with Crippen LogP contribution in [0.5, 0.6) is 0 Å². The molecule has 3 heterocycles. The lowest BCUT2D eigenvalue weighted by atomic mass is 10.3. The van der Waals surface area contributed by atoms with Crippen LogP contribution in [0.15, 0.2) is 0 Å². The third-order valence-electron chi connectivity index (χ3n) is 4.77. The molecule has 2 atom stereocenters. The van der Waals surface area contributed by atoms with Crippen molar-refractivity contribution in [3.05, 3.63) is 5.82 Å². The normalized spacial score (nSPS) is 29.7. The Morgan fingerprint density at radius 1 is 0.850 bits per heavy atom. The highest BCUT2D eigenvalue weighted by Crippen LogP contribution is 2.45. The Kier molecular flexibility index (Phi) is 2.80. The zero-order chi connectivity index (χ0) is 13.7. The largest absolute Gasteiger partial charge is 0.340 e. The summed E-state index contributed by atoms with van der Waals surface area (Å²) in [6, 6.07) is 0. The highest BCUT2D eigenvalue weighted by Gasteiger charge is 2.46. The van der Waals surface area contributed by atoms with E-state index in [1.165, 1.54) is 6.42 Å². The summed E-state index contributed by atoms with van der Waals surface area (Å²) < 4.78 is 0. The molecular formula is C14H22N6. The van der Waals surface area contributed by atoms with Crippen molar-refractivity contribution in [2.24, 2.45) is 11.8 Å². The fourth-order valence-electron chi connectivity index (χ4n) is 3.30. The molecule has 108 valence electrons. The molecule has 6 heteroatoms. The summed E-state index contributed by atoms with van der Waals surface area (Å²) in [6.07, 6.45) is 1.41. The Balaban J connectivity index is 1.55. The van der Waals surface area contributed by atoms with Crippen molar-refractivity contribution in [2.45, 2.75) is 13.3 Å². The van der Waals surface area contributed by atoms with Crippen molar-refractivity contribution >= 4 is 11.9 Å². The molecule has 3 aliphatic rings. The van der Waals surface area contributed by atoms with Gasteiger partial charge in [0.05, 0.1) is 0 Å². The zero-order valence-electron chi connectivity index (χ0n) is 12.3. The van der Waals surface area contributed by atoms with Gasteiger partial charge in [-0.2, -0.15) is 15.0 Å². The van der Waals surface area contributed by atoms with Crippen LogP contribution in [-0.2, 0) is 0 Å². The Morgan fingerprint density at radius 3 is 2.10 bits per heavy atom. The van der Waals surface area contributed by atoms with Crippen LogP contribution in [0, 0.1) is 18.8 Å².